The van der Waals surface area contributed by atoms with Gasteiger partial charge < -0.3 is 33.3 Å². The van der Waals surface area contributed by atoms with Crippen LogP contribution in [0.15, 0.2) is 109 Å². The Balaban J connectivity index is 4.26. The van der Waals surface area contributed by atoms with E-state index in [1.165, 1.54) is 89.9 Å². The molecule has 0 aromatic carbocycles. The third kappa shape index (κ3) is 51.6. The number of unbranched alkanes of at least 4 members (excludes halogenated alkanes) is 16. The lowest BCUT2D eigenvalue weighted by Gasteiger charge is -2.26. The first kappa shape index (κ1) is 65.0. The molecule has 0 saturated heterocycles. The zero-order valence-electron chi connectivity index (χ0n) is 44.4. The fourth-order valence-electron chi connectivity index (χ4n) is 6.96. The summed E-state index contributed by atoms with van der Waals surface area (Å²) in [5, 5.41) is 11.7. The highest BCUT2D eigenvalue weighted by atomic mass is 16.7. The standard InChI is InChI=1S/C60H99NO8/c1-6-8-10-12-14-16-18-20-22-23-24-25-26-27-28-29-30-31-32-33-34-35-37-38-40-42-44-46-48-50-57(62)67-54-56(55-68-60(59(64)65)66-53-52-61(3,4)5)69-58(63)51-49-47-45-43-41-39-36-21-19-17-15-13-11-9-7-2/h8-11,14-17,20-22,24-25,36,41,43,47,49,56,60H,6-7,12-13,18-19,23,26-35,37-40,42,44-46,48,50-55H2,1-5H3/b10-8-,11-9-,16-14-,17-15-,22-20-,25-24-,36-21-,43-41-,49-47-. The number of carbonyl (C=O) groups is 3. The number of esters is 2. The van der Waals surface area contributed by atoms with Gasteiger partial charge in [-0.25, -0.2) is 0 Å². The Morgan fingerprint density at radius 1 is 0.449 bits per heavy atom. The number of carboxylic acid groups (broad SMARTS) is 1. The molecule has 69 heavy (non-hydrogen) atoms. The number of hydrogen-bond acceptors (Lipinski definition) is 8. The SMILES string of the molecule is CC/C=C\C/C=C\C/C=C\C/C=C\C/C=C\CC(=O)OC(COC(=O)CCCCCCCCCCCCCCCCCC/C=C\C/C=C\C/C=C\C/C=C\CC)COC(OCC[N+](C)(C)C)C(=O)[O-]. The molecule has 0 aromatic heterocycles. The Morgan fingerprint density at radius 3 is 1.23 bits per heavy atom. The molecule has 0 aliphatic carbocycles. The molecule has 9 heteroatoms. The molecule has 0 spiro atoms. The van der Waals surface area contributed by atoms with Crippen LogP contribution in [0.5, 0.6) is 0 Å². The molecule has 0 bridgehead atoms. The van der Waals surface area contributed by atoms with E-state index in [4.69, 9.17) is 18.9 Å². The van der Waals surface area contributed by atoms with E-state index in [1.54, 1.807) is 6.08 Å². The average Bonchev–Trinajstić information content (AvgIpc) is 3.31. The maximum absolute atomic E-state index is 12.7. The molecule has 0 heterocycles. The summed E-state index contributed by atoms with van der Waals surface area (Å²) >= 11 is 0. The molecular weight excluding hydrogens is 863 g/mol. The van der Waals surface area contributed by atoms with E-state index in [0.717, 1.165) is 70.6 Å². The second-order valence-corrected chi connectivity index (χ2v) is 18.8. The van der Waals surface area contributed by atoms with Crippen LogP contribution < -0.4 is 5.11 Å². The van der Waals surface area contributed by atoms with Crippen molar-refractivity contribution >= 4 is 17.9 Å². The molecular formula is C60H99NO8. The molecule has 9 nitrogen and oxygen atoms in total. The summed E-state index contributed by atoms with van der Waals surface area (Å²) < 4.78 is 22.5. The van der Waals surface area contributed by atoms with E-state index >= 15 is 0 Å². The number of hydrogen-bond donors (Lipinski definition) is 0. The van der Waals surface area contributed by atoms with Crippen molar-refractivity contribution in [3.63, 3.8) is 0 Å². The zero-order chi connectivity index (χ0) is 50.6. The van der Waals surface area contributed by atoms with Crippen molar-refractivity contribution in [3.8, 4) is 0 Å². The van der Waals surface area contributed by atoms with Gasteiger partial charge in [0.1, 0.15) is 13.2 Å². The summed E-state index contributed by atoms with van der Waals surface area (Å²) in [5.41, 5.74) is 0. The smallest absolute Gasteiger partial charge is 0.310 e. The highest BCUT2D eigenvalue weighted by Crippen LogP contribution is 2.15. The van der Waals surface area contributed by atoms with Crippen molar-refractivity contribution in [2.75, 3.05) is 47.5 Å². The lowest BCUT2D eigenvalue weighted by Crippen LogP contribution is -2.44. The van der Waals surface area contributed by atoms with Crippen molar-refractivity contribution in [2.45, 2.75) is 206 Å². The molecule has 0 N–H and O–H groups in total. The number of likely N-dealkylation sites (N-methyl/N-ethyl adjacent to an activating group) is 1. The Morgan fingerprint density at radius 2 is 0.826 bits per heavy atom. The molecule has 0 amide bonds. The summed E-state index contributed by atoms with van der Waals surface area (Å²) in [6, 6.07) is 0. The van der Waals surface area contributed by atoms with Gasteiger partial charge in [-0.05, 0) is 77.0 Å². The monoisotopic (exact) mass is 962 g/mol. The van der Waals surface area contributed by atoms with Crippen LogP contribution >= 0.6 is 0 Å². The van der Waals surface area contributed by atoms with Gasteiger partial charge in [0.15, 0.2) is 12.4 Å². The lowest BCUT2D eigenvalue weighted by molar-refractivity contribution is -0.870. The fraction of sp³-hybridized carbons (Fsp3) is 0.650. The van der Waals surface area contributed by atoms with Crippen molar-refractivity contribution in [1.82, 2.24) is 0 Å². The lowest BCUT2D eigenvalue weighted by atomic mass is 10.0. The zero-order valence-corrected chi connectivity index (χ0v) is 44.4. The number of aliphatic carboxylic acids is 1. The first-order valence-electron chi connectivity index (χ1n) is 27.0. The van der Waals surface area contributed by atoms with Crippen molar-refractivity contribution in [2.24, 2.45) is 0 Å². The number of nitrogens with zero attached hydrogens (tertiary/aromatic N) is 1. The van der Waals surface area contributed by atoms with E-state index in [2.05, 4.69) is 105 Å². The van der Waals surface area contributed by atoms with Crippen LogP contribution in [0, 0.1) is 0 Å². The minimum atomic E-state index is -1.65. The largest absolute Gasteiger partial charge is 0.545 e. The van der Waals surface area contributed by atoms with Gasteiger partial charge in [0.25, 0.3) is 0 Å². The quantitative estimate of drug-likeness (QED) is 0.0195. The van der Waals surface area contributed by atoms with Gasteiger partial charge in [-0.2, -0.15) is 0 Å². The molecule has 0 saturated carbocycles. The van der Waals surface area contributed by atoms with Crippen LogP contribution in [-0.4, -0.2) is 82.3 Å². The molecule has 0 radical (unpaired) electrons. The van der Waals surface area contributed by atoms with Gasteiger partial charge in [0, 0.05) is 6.42 Å². The van der Waals surface area contributed by atoms with Crippen LogP contribution in [0.4, 0.5) is 0 Å². The van der Waals surface area contributed by atoms with Crippen LogP contribution in [-0.2, 0) is 33.3 Å². The summed E-state index contributed by atoms with van der Waals surface area (Å²) in [5.74, 6) is -2.46. The number of quaternary nitrogens is 1. The van der Waals surface area contributed by atoms with E-state index in [-0.39, 0.29) is 38.6 Å². The van der Waals surface area contributed by atoms with Gasteiger partial charge in [-0.15, -0.1) is 0 Å². The van der Waals surface area contributed by atoms with Gasteiger partial charge in [-0.1, -0.05) is 213 Å². The maximum atomic E-state index is 12.7. The van der Waals surface area contributed by atoms with Crippen LogP contribution in [0.2, 0.25) is 0 Å². The highest BCUT2D eigenvalue weighted by molar-refractivity contribution is 5.71. The molecule has 2 unspecified atom stereocenters. The molecule has 392 valence electrons. The topological polar surface area (TPSA) is 111 Å². The Labute approximate surface area is 422 Å². The average molecular weight is 962 g/mol. The third-order valence-electron chi connectivity index (χ3n) is 11.0. The van der Waals surface area contributed by atoms with Gasteiger partial charge in [0.2, 0.25) is 0 Å². The highest BCUT2D eigenvalue weighted by Gasteiger charge is 2.21. The second kappa shape index (κ2) is 50.3. The second-order valence-electron chi connectivity index (χ2n) is 18.8. The Kier molecular flexibility index (Phi) is 47.4. The molecule has 0 aromatic rings. The third-order valence-corrected chi connectivity index (χ3v) is 11.0. The van der Waals surface area contributed by atoms with Gasteiger partial charge in [-0.3, -0.25) is 9.59 Å². The van der Waals surface area contributed by atoms with Gasteiger partial charge >= 0.3 is 11.9 Å². The summed E-state index contributed by atoms with van der Waals surface area (Å²) in [4.78, 5) is 37.1. The molecule has 0 aliphatic heterocycles. The van der Waals surface area contributed by atoms with Crippen molar-refractivity contribution < 1.29 is 42.9 Å². The number of allylic oxidation sites excluding steroid dienone is 17. The summed E-state index contributed by atoms with van der Waals surface area (Å²) in [6.07, 6.45) is 66.1. The summed E-state index contributed by atoms with van der Waals surface area (Å²) in [6.45, 7) is 4.39. The molecule has 0 fully saturated rings. The normalized spacial score (nSPS) is 13.7. The molecule has 0 aliphatic rings. The van der Waals surface area contributed by atoms with E-state index in [1.807, 2.05) is 33.3 Å². The predicted molar refractivity (Wildman–Crippen MR) is 287 cm³/mol. The van der Waals surface area contributed by atoms with Crippen molar-refractivity contribution in [1.29, 1.82) is 0 Å². The van der Waals surface area contributed by atoms with Crippen LogP contribution in [0.3, 0.4) is 0 Å². The van der Waals surface area contributed by atoms with Crippen LogP contribution in [0.1, 0.15) is 194 Å². The van der Waals surface area contributed by atoms with E-state index in [0.29, 0.717) is 17.4 Å². The fourth-order valence-corrected chi connectivity index (χ4v) is 6.96. The minimum absolute atomic E-state index is 0.0111. The Hall–Kier alpha value is -4.05. The van der Waals surface area contributed by atoms with Crippen molar-refractivity contribution in [3.05, 3.63) is 109 Å². The number of rotatable bonds is 48. The maximum Gasteiger partial charge on any atom is 0.310 e. The number of carboxylic acids is 1. The number of ether oxygens (including phenoxy) is 4. The first-order valence-corrected chi connectivity index (χ1v) is 27.0. The molecule has 2 atom stereocenters. The number of carbonyl (C=O) groups excluding carboxylic acids is 3. The molecule has 0 rings (SSSR count). The van der Waals surface area contributed by atoms with Gasteiger partial charge in [0.05, 0.1) is 46.7 Å². The van der Waals surface area contributed by atoms with E-state index in [9.17, 15) is 19.5 Å². The van der Waals surface area contributed by atoms with E-state index < -0.39 is 24.3 Å². The van der Waals surface area contributed by atoms with Crippen LogP contribution in [0.25, 0.3) is 0 Å². The Bertz CT molecular complexity index is 1490. The minimum Gasteiger partial charge on any atom is -0.545 e. The predicted octanol–water partition coefficient (Wildman–Crippen LogP) is 14.2. The first-order chi connectivity index (χ1) is 33.6. The summed E-state index contributed by atoms with van der Waals surface area (Å²) in [7, 11) is 5.88.